The fourth-order valence-corrected chi connectivity index (χ4v) is 6.30. The maximum atomic E-state index is 12.6. The molecule has 0 bridgehead atoms. The van der Waals surface area contributed by atoms with E-state index in [4.69, 9.17) is 11.6 Å². The van der Waals surface area contributed by atoms with E-state index in [0.717, 1.165) is 8.66 Å². The van der Waals surface area contributed by atoms with Gasteiger partial charge >= 0.3 is 0 Å². The lowest BCUT2D eigenvalue weighted by Crippen LogP contribution is -2.30. The molecule has 0 radical (unpaired) electrons. The Bertz CT molecular complexity index is 708. The molecule has 0 fully saturated rings. The number of halogens is 2. The molecule has 2 aromatic rings. The molecular weight excluding hydrogens is 402 g/mol. The molecule has 0 aliphatic carbocycles. The number of thiophene rings is 2. The molecule has 20 heavy (non-hydrogen) atoms. The predicted octanol–water partition coefficient (Wildman–Crippen LogP) is 4.60. The first kappa shape index (κ1) is 16.2. The molecule has 0 aromatic carbocycles. The molecule has 2 heterocycles. The van der Waals surface area contributed by atoms with Crippen LogP contribution in [0.5, 0.6) is 0 Å². The van der Waals surface area contributed by atoms with E-state index in [-0.39, 0.29) is 6.54 Å². The monoisotopic (exact) mass is 411 g/mol. The zero-order valence-corrected chi connectivity index (χ0v) is 15.0. The zero-order chi connectivity index (χ0) is 14.8. The lowest BCUT2D eigenvalue weighted by Gasteiger charge is -2.18. The highest BCUT2D eigenvalue weighted by Crippen LogP contribution is 2.30. The van der Waals surface area contributed by atoms with Crippen LogP contribution in [0, 0.1) is 0 Å². The van der Waals surface area contributed by atoms with Crippen molar-refractivity contribution in [3.8, 4) is 0 Å². The van der Waals surface area contributed by atoms with Crippen LogP contribution in [0.1, 0.15) is 4.88 Å². The maximum absolute atomic E-state index is 12.6. The molecule has 0 spiro atoms. The van der Waals surface area contributed by atoms with Crippen molar-refractivity contribution >= 4 is 60.2 Å². The van der Waals surface area contributed by atoms with E-state index in [9.17, 15) is 8.42 Å². The van der Waals surface area contributed by atoms with Crippen LogP contribution in [0.15, 0.2) is 44.9 Å². The molecule has 0 N–H and O–H groups in total. The lowest BCUT2D eigenvalue weighted by molar-refractivity contribution is 0.443. The highest BCUT2D eigenvalue weighted by Gasteiger charge is 2.25. The van der Waals surface area contributed by atoms with Crippen LogP contribution in [-0.4, -0.2) is 19.3 Å². The second-order valence-corrected chi connectivity index (χ2v) is 10.3. The van der Waals surface area contributed by atoms with Crippen molar-refractivity contribution in [1.29, 1.82) is 0 Å². The number of hydrogen-bond acceptors (Lipinski definition) is 4. The van der Waals surface area contributed by atoms with E-state index >= 15 is 0 Å². The summed E-state index contributed by atoms with van der Waals surface area (Å²) in [5, 5.41) is 0. The lowest BCUT2D eigenvalue weighted by atomic mass is 10.4. The summed E-state index contributed by atoms with van der Waals surface area (Å²) in [5.41, 5.74) is 0. The molecule has 8 heteroatoms. The molecule has 2 aromatic heterocycles. The molecule has 108 valence electrons. The summed E-state index contributed by atoms with van der Waals surface area (Å²) in [4.78, 5) is 0.899. The van der Waals surface area contributed by atoms with E-state index in [1.165, 1.54) is 27.0 Å². The minimum absolute atomic E-state index is 0.257. The Labute approximate surface area is 139 Å². The second-order valence-electron chi connectivity index (χ2n) is 3.85. The first-order valence-electron chi connectivity index (χ1n) is 5.54. The van der Waals surface area contributed by atoms with E-state index in [0.29, 0.717) is 15.1 Å². The maximum Gasteiger partial charge on any atom is 0.253 e. The van der Waals surface area contributed by atoms with Crippen LogP contribution in [0.4, 0.5) is 0 Å². The first-order chi connectivity index (χ1) is 9.43. The summed E-state index contributed by atoms with van der Waals surface area (Å²) in [7, 11) is -3.52. The number of sulfonamides is 1. The Morgan fingerprint density at radius 2 is 2.05 bits per heavy atom. The Morgan fingerprint density at radius 1 is 1.30 bits per heavy atom. The van der Waals surface area contributed by atoms with E-state index in [1.807, 2.05) is 6.07 Å². The summed E-state index contributed by atoms with van der Waals surface area (Å²) in [6, 6.07) is 6.93. The summed E-state index contributed by atoms with van der Waals surface area (Å²) in [6.07, 6.45) is 1.58. The van der Waals surface area contributed by atoms with Gasteiger partial charge in [0.15, 0.2) is 0 Å². The predicted molar refractivity (Wildman–Crippen MR) is 89.1 cm³/mol. The zero-order valence-electron chi connectivity index (χ0n) is 10.3. The van der Waals surface area contributed by atoms with Crippen LogP contribution in [0.3, 0.4) is 0 Å². The molecule has 0 saturated carbocycles. The topological polar surface area (TPSA) is 37.4 Å². The first-order valence-corrected chi connectivity index (χ1v) is 9.78. The molecular formula is C12H11BrClNO2S3. The highest BCUT2D eigenvalue weighted by atomic mass is 79.9. The standard InChI is InChI=1S/C12H11BrClNO2S3/c1-2-7-15(8-9-3-5-11(14)18-9)20(16,17)12-6-4-10(13)19-12/h2-6H,1,7-8H2. The van der Waals surface area contributed by atoms with Crippen LogP contribution in [0.25, 0.3) is 0 Å². The van der Waals surface area contributed by atoms with E-state index < -0.39 is 10.0 Å². The molecule has 0 amide bonds. The van der Waals surface area contributed by atoms with Gasteiger partial charge in [-0.2, -0.15) is 4.31 Å². The molecule has 0 atom stereocenters. The van der Waals surface area contributed by atoms with Crippen LogP contribution < -0.4 is 0 Å². The molecule has 3 nitrogen and oxygen atoms in total. The second kappa shape index (κ2) is 6.72. The minimum atomic E-state index is -3.52. The van der Waals surface area contributed by atoms with Crippen LogP contribution in [0.2, 0.25) is 4.34 Å². The largest absolute Gasteiger partial charge is 0.253 e. The van der Waals surface area contributed by atoms with Crippen molar-refractivity contribution < 1.29 is 8.42 Å². The van der Waals surface area contributed by atoms with Gasteiger partial charge in [-0.15, -0.1) is 29.3 Å². The Hall–Kier alpha value is -0.180. The third kappa shape index (κ3) is 3.72. The highest BCUT2D eigenvalue weighted by molar-refractivity contribution is 9.11. The van der Waals surface area contributed by atoms with E-state index in [1.54, 1.807) is 24.3 Å². The Morgan fingerprint density at radius 3 is 2.55 bits per heavy atom. The third-order valence-corrected chi connectivity index (χ3v) is 7.56. The number of rotatable bonds is 6. The van der Waals surface area contributed by atoms with Crippen molar-refractivity contribution in [2.45, 2.75) is 10.8 Å². The molecule has 0 aliphatic heterocycles. The van der Waals surface area contributed by atoms with Crippen molar-refractivity contribution in [2.75, 3.05) is 6.54 Å². The van der Waals surface area contributed by atoms with Gasteiger partial charge in [-0.25, -0.2) is 8.42 Å². The average molecular weight is 413 g/mol. The van der Waals surface area contributed by atoms with Gasteiger partial charge in [0.25, 0.3) is 10.0 Å². The summed E-state index contributed by atoms with van der Waals surface area (Å²) >= 11 is 11.7. The summed E-state index contributed by atoms with van der Waals surface area (Å²) in [6.45, 7) is 4.18. The molecule has 2 rings (SSSR count). The van der Waals surface area contributed by atoms with Gasteiger partial charge in [0.1, 0.15) is 4.21 Å². The van der Waals surface area contributed by atoms with Crippen molar-refractivity contribution in [3.05, 3.63) is 49.9 Å². The summed E-state index contributed by atoms with van der Waals surface area (Å²) in [5.74, 6) is 0. The number of nitrogens with zero attached hydrogens (tertiary/aromatic N) is 1. The van der Waals surface area contributed by atoms with Crippen molar-refractivity contribution in [2.24, 2.45) is 0 Å². The van der Waals surface area contributed by atoms with Gasteiger partial charge < -0.3 is 0 Å². The molecule has 0 aliphatic rings. The third-order valence-electron chi connectivity index (χ3n) is 2.44. The van der Waals surface area contributed by atoms with Gasteiger partial charge in [-0.05, 0) is 40.2 Å². The fourth-order valence-electron chi connectivity index (χ4n) is 1.57. The van der Waals surface area contributed by atoms with Gasteiger partial charge in [0.05, 0.1) is 8.12 Å². The van der Waals surface area contributed by atoms with Gasteiger partial charge in [0, 0.05) is 18.0 Å². The minimum Gasteiger partial charge on any atom is -0.206 e. The van der Waals surface area contributed by atoms with Crippen molar-refractivity contribution in [1.82, 2.24) is 4.31 Å². The normalized spacial score (nSPS) is 11.9. The van der Waals surface area contributed by atoms with Gasteiger partial charge in [-0.1, -0.05) is 17.7 Å². The molecule has 0 unspecified atom stereocenters. The summed E-state index contributed by atoms with van der Waals surface area (Å²) < 4.78 is 28.3. The van der Waals surface area contributed by atoms with Gasteiger partial charge in [-0.3, -0.25) is 0 Å². The van der Waals surface area contributed by atoms with Crippen LogP contribution >= 0.6 is 50.2 Å². The molecule has 0 saturated heterocycles. The van der Waals surface area contributed by atoms with Gasteiger partial charge in [0.2, 0.25) is 0 Å². The Balaban J connectivity index is 2.30. The fraction of sp³-hybridized carbons (Fsp3) is 0.167. The van der Waals surface area contributed by atoms with Crippen molar-refractivity contribution in [3.63, 3.8) is 0 Å². The number of hydrogen-bond donors (Lipinski definition) is 0. The van der Waals surface area contributed by atoms with E-state index in [2.05, 4.69) is 22.5 Å². The average Bonchev–Trinajstić information content (AvgIpc) is 2.98. The Kier molecular flexibility index (Phi) is 5.44. The SMILES string of the molecule is C=CCN(Cc1ccc(Cl)s1)S(=O)(=O)c1ccc(Br)s1. The van der Waals surface area contributed by atoms with Crippen LogP contribution in [-0.2, 0) is 16.6 Å². The smallest absolute Gasteiger partial charge is 0.206 e. The quantitative estimate of drug-likeness (QED) is 0.650.